The quantitative estimate of drug-likeness (QED) is 0.393. The second-order valence-electron chi connectivity index (χ2n) is 3.45. The molecule has 96 valence electrons. The molecule has 1 N–H and O–H groups in total. The van der Waals surface area contributed by atoms with Gasteiger partial charge in [-0.25, -0.2) is 4.79 Å². The summed E-state index contributed by atoms with van der Waals surface area (Å²) < 4.78 is 4.80. The van der Waals surface area contributed by atoms with Gasteiger partial charge in [0.05, 0.1) is 12.3 Å². The average Bonchev–Trinajstić information content (AvgIpc) is 2.31. The van der Waals surface area contributed by atoms with Crippen molar-refractivity contribution in [1.29, 1.82) is 0 Å². The number of allylic oxidation sites excluding steroid dienone is 1. The molecular formula is C13H14ClNO3. The molecule has 0 heterocycles. The molecule has 0 fully saturated rings. The fourth-order valence-electron chi connectivity index (χ4n) is 1.17. The van der Waals surface area contributed by atoms with Crippen LogP contribution in [0.5, 0.6) is 0 Å². The Labute approximate surface area is 111 Å². The number of aliphatic imine (C=N–C) groups is 1. The van der Waals surface area contributed by atoms with E-state index in [4.69, 9.17) is 16.3 Å². The van der Waals surface area contributed by atoms with Gasteiger partial charge < -0.3 is 9.84 Å². The molecule has 0 saturated heterocycles. The number of ether oxygens (including phenoxy) is 1. The third-order valence-electron chi connectivity index (χ3n) is 2.05. The highest BCUT2D eigenvalue weighted by atomic mass is 35.5. The van der Waals surface area contributed by atoms with Crippen molar-refractivity contribution in [3.63, 3.8) is 0 Å². The normalized spacial score (nSPS) is 12.4. The van der Waals surface area contributed by atoms with Gasteiger partial charge in [0, 0.05) is 11.2 Å². The minimum absolute atomic E-state index is 0.0341. The van der Waals surface area contributed by atoms with Crippen molar-refractivity contribution in [2.24, 2.45) is 4.99 Å². The van der Waals surface area contributed by atoms with Crippen molar-refractivity contribution in [3.05, 3.63) is 40.6 Å². The van der Waals surface area contributed by atoms with Crippen molar-refractivity contribution in [3.8, 4) is 0 Å². The van der Waals surface area contributed by atoms with Crippen molar-refractivity contribution in [1.82, 2.24) is 0 Å². The molecule has 0 aliphatic carbocycles. The van der Waals surface area contributed by atoms with E-state index < -0.39 is 5.97 Å². The highest BCUT2D eigenvalue weighted by Gasteiger charge is 2.11. The molecule has 0 aliphatic heterocycles. The zero-order chi connectivity index (χ0) is 13.5. The number of hydrogen-bond acceptors (Lipinski definition) is 4. The monoisotopic (exact) mass is 267 g/mol. The lowest BCUT2D eigenvalue weighted by atomic mass is 10.2. The fraction of sp³-hybridized carbons (Fsp3) is 0.231. The van der Waals surface area contributed by atoms with Crippen LogP contribution >= 0.6 is 11.6 Å². The fourth-order valence-corrected chi connectivity index (χ4v) is 1.29. The van der Waals surface area contributed by atoms with E-state index in [1.807, 2.05) is 0 Å². The lowest BCUT2D eigenvalue weighted by Gasteiger charge is -2.03. The van der Waals surface area contributed by atoms with Crippen LogP contribution < -0.4 is 0 Å². The highest BCUT2D eigenvalue weighted by Crippen LogP contribution is 2.16. The molecule has 5 heteroatoms. The minimum Gasteiger partial charge on any atom is -0.512 e. The summed E-state index contributed by atoms with van der Waals surface area (Å²) in [5.41, 5.74) is 0.661. The Morgan fingerprint density at radius 1 is 1.44 bits per heavy atom. The number of rotatable bonds is 4. The van der Waals surface area contributed by atoms with Crippen molar-refractivity contribution >= 4 is 29.5 Å². The van der Waals surface area contributed by atoms with E-state index >= 15 is 0 Å². The Kier molecular flexibility index (Phi) is 5.39. The first-order chi connectivity index (χ1) is 8.54. The van der Waals surface area contributed by atoms with Gasteiger partial charge in [-0.3, -0.25) is 4.99 Å². The molecule has 0 atom stereocenters. The first kappa shape index (κ1) is 14.3. The summed E-state index contributed by atoms with van der Waals surface area (Å²) in [5.74, 6) is -0.735. The van der Waals surface area contributed by atoms with Gasteiger partial charge in [0.2, 0.25) is 0 Å². The Morgan fingerprint density at radius 3 is 2.56 bits per heavy atom. The molecular weight excluding hydrogens is 254 g/mol. The number of aliphatic hydroxyl groups is 1. The Morgan fingerprint density at radius 2 is 2.06 bits per heavy atom. The molecule has 0 saturated carbocycles. The van der Waals surface area contributed by atoms with E-state index in [-0.39, 0.29) is 17.9 Å². The minimum atomic E-state index is -0.602. The van der Waals surface area contributed by atoms with Crippen molar-refractivity contribution in [2.75, 3.05) is 6.61 Å². The van der Waals surface area contributed by atoms with E-state index in [1.165, 1.54) is 13.1 Å². The second kappa shape index (κ2) is 6.81. The zero-order valence-corrected chi connectivity index (χ0v) is 10.9. The smallest absolute Gasteiger partial charge is 0.343 e. The molecule has 0 amide bonds. The Bertz CT molecular complexity index is 474. The molecule has 0 aliphatic rings. The van der Waals surface area contributed by atoms with Gasteiger partial charge in [0.25, 0.3) is 0 Å². The lowest BCUT2D eigenvalue weighted by molar-refractivity contribution is -0.138. The predicted octanol–water partition coefficient (Wildman–Crippen LogP) is 3.44. The Balaban J connectivity index is 2.88. The molecule has 0 radical (unpaired) electrons. The number of nitrogens with zero attached hydrogens (tertiary/aromatic N) is 1. The summed E-state index contributed by atoms with van der Waals surface area (Å²) >= 11 is 5.74. The summed E-state index contributed by atoms with van der Waals surface area (Å²) in [6, 6.07) is 6.78. The zero-order valence-electron chi connectivity index (χ0n) is 10.2. The molecule has 1 aromatic rings. The number of hydrogen-bond donors (Lipinski definition) is 1. The second-order valence-corrected chi connectivity index (χ2v) is 3.89. The molecule has 4 nitrogen and oxygen atoms in total. The topological polar surface area (TPSA) is 58.9 Å². The molecule has 18 heavy (non-hydrogen) atoms. The van der Waals surface area contributed by atoms with Gasteiger partial charge in [-0.2, -0.15) is 0 Å². The van der Waals surface area contributed by atoms with Gasteiger partial charge in [0.1, 0.15) is 11.3 Å². The first-order valence-electron chi connectivity index (χ1n) is 5.41. The van der Waals surface area contributed by atoms with Crippen molar-refractivity contribution in [2.45, 2.75) is 13.8 Å². The van der Waals surface area contributed by atoms with Crippen LogP contribution in [-0.4, -0.2) is 23.9 Å². The van der Waals surface area contributed by atoms with Crippen LogP contribution in [-0.2, 0) is 9.53 Å². The summed E-state index contributed by atoms with van der Waals surface area (Å²) in [5, 5.41) is 10.0. The lowest BCUT2D eigenvalue weighted by Crippen LogP contribution is -2.10. The van der Waals surface area contributed by atoms with Crippen LogP contribution in [0.2, 0.25) is 5.02 Å². The maximum absolute atomic E-state index is 11.5. The maximum Gasteiger partial charge on any atom is 0.343 e. The van der Waals surface area contributed by atoms with Gasteiger partial charge in [-0.15, -0.1) is 0 Å². The number of esters is 1. The standard InChI is InChI=1S/C13H14ClNO3/c1-3-18-13(17)12(9(2)16)8-15-11-6-4-10(14)5-7-11/h4-8,16H,3H2,1-2H3/b12-9-,15-8?. The van der Waals surface area contributed by atoms with Crippen LogP contribution in [0.25, 0.3) is 0 Å². The van der Waals surface area contributed by atoms with E-state index in [0.717, 1.165) is 0 Å². The SMILES string of the molecule is CCOC(=O)/C(C=Nc1ccc(Cl)cc1)=C(/C)O. The number of halogens is 1. The number of carbonyl (C=O) groups is 1. The van der Waals surface area contributed by atoms with E-state index in [1.54, 1.807) is 31.2 Å². The summed E-state index contributed by atoms with van der Waals surface area (Å²) in [6.07, 6.45) is 1.27. The third-order valence-corrected chi connectivity index (χ3v) is 2.31. The van der Waals surface area contributed by atoms with Crippen LogP contribution in [0.4, 0.5) is 5.69 Å². The molecule has 1 rings (SSSR count). The third kappa shape index (κ3) is 4.22. The first-order valence-corrected chi connectivity index (χ1v) is 5.79. The molecule has 0 bridgehead atoms. The van der Waals surface area contributed by atoms with Gasteiger partial charge in [-0.1, -0.05) is 11.6 Å². The van der Waals surface area contributed by atoms with Crippen LogP contribution in [0, 0.1) is 0 Å². The maximum atomic E-state index is 11.5. The molecule has 0 aromatic heterocycles. The van der Waals surface area contributed by atoms with Crippen LogP contribution in [0.15, 0.2) is 40.6 Å². The van der Waals surface area contributed by atoms with Gasteiger partial charge in [0.15, 0.2) is 0 Å². The number of benzene rings is 1. The highest BCUT2D eigenvalue weighted by molar-refractivity contribution is 6.30. The number of carbonyl (C=O) groups excluding carboxylic acids is 1. The summed E-state index contributed by atoms with van der Waals surface area (Å²) in [6.45, 7) is 3.34. The van der Waals surface area contributed by atoms with Crippen LogP contribution in [0.3, 0.4) is 0 Å². The van der Waals surface area contributed by atoms with Gasteiger partial charge in [-0.05, 0) is 38.1 Å². The van der Waals surface area contributed by atoms with Gasteiger partial charge >= 0.3 is 5.97 Å². The van der Waals surface area contributed by atoms with E-state index in [0.29, 0.717) is 10.7 Å². The largest absolute Gasteiger partial charge is 0.512 e. The Hall–Kier alpha value is -1.81. The van der Waals surface area contributed by atoms with E-state index in [2.05, 4.69) is 4.99 Å². The summed E-state index contributed by atoms with van der Waals surface area (Å²) in [7, 11) is 0. The van der Waals surface area contributed by atoms with Crippen molar-refractivity contribution < 1.29 is 14.6 Å². The molecule has 1 aromatic carbocycles. The van der Waals surface area contributed by atoms with Crippen LogP contribution in [0.1, 0.15) is 13.8 Å². The summed E-state index contributed by atoms with van der Waals surface area (Å²) in [4.78, 5) is 15.6. The number of aliphatic hydroxyl groups excluding tert-OH is 1. The predicted molar refractivity (Wildman–Crippen MR) is 71.6 cm³/mol. The van der Waals surface area contributed by atoms with E-state index in [9.17, 15) is 9.90 Å². The molecule has 0 unspecified atom stereocenters. The average molecular weight is 268 g/mol. The molecule has 0 spiro atoms.